The first-order valence-electron chi connectivity index (χ1n) is 6.32. The van der Waals surface area contributed by atoms with Crippen LogP contribution >= 0.6 is 0 Å². The largest absolute Gasteiger partial charge is 0.380 e. The van der Waals surface area contributed by atoms with Crippen molar-refractivity contribution in [3.8, 4) is 0 Å². The molecule has 0 saturated heterocycles. The standard InChI is InChI=1S/C16H15N3/c1-12-14-3-2-4-16(15(14)7-10-18-12)19-11-13-5-8-17-9-6-13/h2-10,19H,11H2,1H3. The molecule has 0 aliphatic rings. The zero-order chi connectivity index (χ0) is 13.1. The van der Waals surface area contributed by atoms with Crippen molar-refractivity contribution >= 4 is 16.5 Å². The molecule has 0 fully saturated rings. The van der Waals surface area contributed by atoms with Crippen LogP contribution in [-0.4, -0.2) is 9.97 Å². The van der Waals surface area contributed by atoms with Gasteiger partial charge in [-0.3, -0.25) is 9.97 Å². The van der Waals surface area contributed by atoms with Crippen molar-refractivity contribution in [2.45, 2.75) is 13.5 Å². The van der Waals surface area contributed by atoms with Gasteiger partial charge in [0.25, 0.3) is 0 Å². The molecule has 2 aromatic heterocycles. The van der Waals surface area contributed by atoms with Crippen molar-refractivity contribution in [1.29, 1.82) is 0 Å². The first-order valence-corrected chi connectivity index (χ1v) is 6.32. The fourth-order valence-corrected chi connectivity index (χ4v) is 2.21. The third kappa shape index (κ3) is 2.40. The van der Waals surface area contributed by atoms with Crippen LogP contribution in [0.2, 0.25) is 0 Å². The number of aryl methyl sites for hydroxylation is 1. The molecule has 1 aromatic carbocycles. The molecule has 0 unspecified atom stereocenters. The maximum Gasteiger partial charge on any atom is 0.0451 e. The summed E-state index contributed by atoms with van der Waals surface area (Å²) in [5, 5.41) is 5.88. The minimum absolute atomic E-state index is 0.795. The summed E-state index contributed by atoms with van der Waals surface area (Å²) in [5.74, 6) is 0. The molecule has 0 saturated carbocycles. The van der Waals surface area contributed by atoms with Crippen molar-refractivity contribution in [1.82, 2.24) is 9.97 Å². The number of nitrogens with zero attached hydrogens (tertiary/aromatic N) is 2. The topological polar surface area (TPSA) is 37.8 Å². The molecule has 0 aliphatic heterocycles. The van der Waals surface area contributed by atoms with Gasteiger partial charge in [0.05, 0.1) is 0 Å². The van der Waals surface area contributed by atoms with Gasteiger partial charge in [-0.2, -0.15) is 0 Å². The number of hydrogen-bond donors (Lipinski definition) is 1. The molecular weight excluding hydrogens is 234 g/mol. The lowest BCUT2D eigenvalue weighted by molar-refractivity contribution is 1.13. The summed E-state index contributed by atoms with van der Waals surface area (Å²) in [6, 6.07) is 12.4. The molecule has 0 aliphatic carbocycles. The second-order valence-electron chi connectivity index (χ2n) is 4.51. The number of fused-ring (bicyclic) bond motifs is 1. The molecule has 3 nitrogen and oxygen atoms in total. The third-order valence-electron chi connectivity index (χ3n) is 3.24. The Hall–Kier alpha value is -2.42. The minimum atomic E-state index is 0.795. The van der Waals surface area contributed by atoms with E-state index in [4.69, 9.17) is 0 Å². The molecule has 3 rings (SSSR count). The molecule has 0 spiro atoms. The number of hydrogen-bond acceptors (Lipinski definition) is 3. The summed E-state index contributed by atoms with van der Waals surface area (Å²) >= 11 is 0. The Morgan fingerprint density at radius 2 is 1.79 bits per heavy atom. The first kappa shape index (κ1) is 11.7. The van der Waals surface area contributed by atoms with Gasteiger partial charge in [0.2, 0.25) is 0 Å². The summed E-state index contributed by atoms with van der Waals surface area (Å²) in [6.45, 7) is 2.83. The van der Waals surface area contributed by atoms with E-state index in [0.717, 1.165) is 17.9 Å². The highest BCUT2D eigenvalue weighted by atomic mass is 14.9. The second-order valence-corrected chi connectivity index (χ2v) is 4.51. The Balaban J connectivity index is 1.91. The molecule has 0 amide bonds. The molecule has 3 heteroatoms. The third-order valence-corrected chi connectivity index (χ3v) is 3.24. The Kier molecular flexibility index (Phi) is 3.11. The average molecular weight is 249 g/mol. The Labute approximate surface area is 112 Å². The van der Waals surface area contributed by atoms with Gasteiger partial charge in [-0.15, -0.1) is 0 Å². The van der Waals surface area contributed by atoms with Crippen LogP contribution in [0.25, 0.3) is 10.8 Å². The Morgan fingerprint density at radius 3 is 2.63 bits per heavy atom. The summed E-state index contributed by atoms with van der Waals surface area (Å²) in [6.07, 6.45) is 5.48. The zero-order valence-corrected chi connectivity index (χ0v) is 10.8. The number of aromatic nitrogens is 2. The van der Waals surface area contributed by atoms with Crippen LogP contribution in [0.4, 0.5) is 5.69 Å². The molecule has 1 N–H and O–H groups in total. The molecule has 2 heterocycles. The quantitative estimate of drug-likeness (QED) is 0.771. The van der Waals surface area contributed by atoms with Crippen LogP contribution in [0.1, 0.15) is 11.3 Å². The number of rotatable bonds is 3. The summed E-state index contributed by atoms with van der Waals surface area (Å²) in [5.41, 5.74) is 3.42. The van der Waals surface area contributed by atoms with Gasteiger partial charge < -0.3 is 5.32 Å². The Bertz CT molecular complexity index is 693. The van der Waals surface area contributed by atoms with E-state index < -0.39 is 0 Å². The second kappa shape index (κ2) is 5.06. The molecular formula is C16H15N3. The van der Waals surface area contributed by atoms with Crippen LogP contribution < -0.4 is 5.32 Å². The van der Waals surface area contributed by atoms with E-state index in [2.05, 4.69) is 39.6 Å². The molecule has 0 atom stereocenters. The molecule has 19 heavy (non-hydrogen) atoms. The van der Waals surface area contributed by atoms with E-state index in [1.54, 1.807) is 0 Å². The summed E-state index contributed by atoms with van der Waals surface area (Å²) in [7, 11) is 0. The van der Waals surface area contributed by atoms with E-state index in [0.29, 0.717) is 0 Å². The maximum absolute atomic E-state index is 4.33. The fraction of sp³-hybridized carbons (Fsp3) is 0.125. The van der Waals surface area contributed by atoms with Crippen LogP contribution in [0, 0.1) is 6.92 Å². The highest BCUT2D eigenvalue weighted by molar-refractivity contribution is 5.94. The van der Waals surface area contributed by atoms with Gasteiger partial charge in [0.15, 0.2) is 0 Å². The van der Waals surface area contributed by atoms with E-state index in [-0.39, 0.29) is 0 Å². The van der Waals surface area contributed by atoms with E-state index >= 15 is 0 Å². The van der Waals surface area contributed by atoms with Gasteiger partial charge in [0, 0.05) is 47.3 Å². The van der Waals surface area contributed by atoms with E-state index in [9.17, 15) is 0 Å². The van der Waals surface area contributed by atoms with Crippen LogP contribution in [0.5, 0.6) is 0 Å². The summed E-state index contributed by atoms with van der Waals surface area (Å²) in [4.78, 5) is 8.36. The van der Waals surface area contributed by atoms with Crippen molar-refractivity contribution < 1.29 is 0 Å². The number of anilines is 1. The van der Waals surface area contributed by atoms with Crippen molar-refractivity contribution in [3.05, 3.63) is 66.2 Å². The maximum atomic E-state index is 4.33. The molecule has 3 aromatic rings. The lowest BCUT2D eigenvalue weighted by Crippen LogP contribution is -2.00. The Morgan fingerprint density at radius 1 is 0.947 bits per heavy atom. The van der Waals surface area contributed by atoms with Gasteiger partial charge in [-0.1, -0.05) is 12.1 Å². The number of pyridine rings is 2. The van der Waals surface area contributed by atoms with Gasteiger partial charge in [-0.25, -0.2) is 0 Å². The van der Waals surface area contributed by atoms with Crippen molar-refractivity contribution in [2.75, 3.05) is 5.32 Å². The molecule has 0 radical (unpaired) electrons. The average Bonchev–Trinajstić information content (AvgIpc) is 2.47. The first-order chi connectivity index (χ1) is 9.34. The smallest absolute Gasteiger partial charge is 0.0451 e. The highest BCUT2D eigenvalue weighted by Crippen LogP contribution is 2.24. The molecule has 94 valence electrons. The fourth-order valence-electron chi connectivity index (χ4n) is 2.21. The lowest BCUT2D eigenvalue weighted by atomic mass is 10.1. The van der Waals surface area contributed by atoms with Crippen LogP contribution in [-0.2, 0) is 6.54 Å². The summed E-state index contributed by atoms with van der Waals surface area (Å²) < 4.78 is 0. The predicted molar refractivity (Wildman–Crippen MR) is 78.0 cm³/mol. The molecule has 0 bridgehead atoms. The normalized spacial score (nSPS) is 10.6. The van der Waals surface area contributed by atoms with E-state index in [1.165, 1.54) is 16.3 Å². The van der Waals surface area contributed by atoms with Crippen molar-refractivity contribution in [2.24, 2.45) is 0 Å². The van der Waals surface area contributed by atoms with Gasteiger partial charge in [-0.05, 0) is 36.8 Å². The lowest BCUT2D eigenvalue weighted by Gasteiger charge is -2.10. The number of benzene rings is 1. The van der Waals surface area contributed by atoms with Crippen molar-refractivity contribution in [3.63, 3.8) is 0 Å². The van der Waals surface area contributed by atoms with Gasteiger partial charge in [0.1, 0.15) is 0 Å². The highest BCUT2D eigenvalue weighted by Gasteiger charge is 2.02. The van der Waals surface area contributed by atoms with Crippen LogP contribution in [0.3, 0.4) is 0 Å². The SMILES string of the molecule is Cc1nccc2c(NCc3ccncc3)cccc12. The van der Waals surface area contributed by atoms with E-state index in [1.807, 2.05) is 37.6 Å². The zero-order valence-electron chi connectivity index (χ0n) is 10.8. The predicted octanol–water partition coefficient (Wildman–Crippen LogP) is 3.55. The van der Waals surface area contributed by atoms with Gasteiger partial charge >= 0.3 is 0 Å². The number of nitrogens with one attached hydrogen (secondary N) is 1. The monoisotopic (exact) mass is 249 g/mol. The van der Waals surface area contributed by atoms with Crippen LogP contribution in [0.15, 0.2) is 55.0 Å². The minimum Gasteiger partial charge on any atom is -0.380 e.